The highest BCUT2D eigenvalue weighted by atomic mass is 31.1. The zero-order chi connectivity index (χ0) is 33.3. The lowest BCUT2D eigenvalue weighted by Gasteiger charge is -2.23. The van der Waals surface area contributed by atoms with E-state index in [1.165, 1.54) is 46.5 Å². The smallest absolute Gasteiger partial charge is 0.346 e. The number of hydrogen-bond acceptors (Lipinski definition) is 2. The minimum absolute atomic E-state index is 0.266. The molecule has 50 heavy (non-hydrogen) atoms. The average Bonchev–Trinajstić information content (AvgIpc) is 3.38. The molecule has 0 spiro atoms. The summed E-state index contributed by atoms with van der Waals surface area (Å²) in [5, 5.41) is 4.50. The molecule has 2 aromatic heterocycles. The number of nitrogens with zero attached hydrogens (tertiary/aromatic N) is 1. The molecule has 6 heteroatoms. The van der Waals surface area contributed by atoms with Gasteiger partial charge in [-0.05, 0) is 133 Å². The summed E-state index contributed by atoms with van der Waals surface area (Å²) in [6, 6.07) is 35.0. The second-order valence-corrected chi connectivity index (χ2v) is 15.0. The van der Waals surface area contributed by atoms with E-state index in [-0.39, 0.29) is 11.6 Å². The van der Waals surface area contributed by atoms with Gasteiger partial charge in [-0.1, -0.05) is 60.7 Å². The lowest BCUT2D eigenvalue weighted by molar-refractivity contribution is 0.627. The van der Waals surface area contributed by atoms with E-state index in [1.54, 1.807) is 0 Å². The highest BCUT2D eigenvalue weighted by molar-refractivity contribution is 7.36. The molecule has 10 rings (SSSR count). The Morgan fingerprint density at radius 3 is 1.38 bits per heavy atom. The van der Waals surface area contributed by atoms with Crippen LogP contribution in [-0.4, -0.2) is 4.34 Å². The summed E-state index contributed by atoms with van der Waals surface area (Å²) in [4.78, 5) is 0. The van der Waals surface area contributed by atoms with E-state index in [0.717, 1.165) is 117 Å². The number of para-hydroxylation sites is 2. The van der Waals surface area contributed by atoms with Crippen LogP contribution in [0.15, 0.2) is 118 Å². The maximum absolute atomic E-state index is 14.4. The van der Waals surface area contributed by atoms with Crippen molar-refractivity contribution in [3.63, 3.8) is 0 Å². The fourth-order valence-corrected chi connectivity index (χ4v) is 10.1. The normalized spacial score (nSPS) is 14.4. The molecule has 0 unspecified atom stereocenters. The molecule has 3 nitrogen and oxygen atoms in total. The van der Waals surface area contributed by atoms with Gasteiger partial charge in [0.1, 0.15) is 11.6 Å². The van der Waals surface area contributed by atoms with Gasteiger partial charge in [-0.3, -0.25) is 0 Å². The molecule has 6 aromatic carbocycles. The summed E-state index contributed by atoms with van der Waals surface area (Å²) < 4.78 is 45.8. The molecule has 0 amide bonds. The molecule has 2 aliphatic carbocycles. The topological polar surface area (TPSA) is 31.2 Å². The molecule has 8 aromatic rings. The third-order valence-corrected chi connectivity index (χ3v) is 12.3. The van der Waals surface area contributed by atoms with Gasteiger partial charge in [0.25, 0.3) is 0 Å². The maximum Gasteiger partial charge on any atom is 0.346 e. The van der Waals surface area contributed by atoms with Gasteiger partial charge in [-0.25, -0.2) is 13.1 Å². The van der Waals surface area contributed by atoms with Crippen molar-refractivity contribution in [2.24, 2.45) is 0 Å². The molecule has 2 heterocycles. The Morgan fingerprint density at radius 1 is 0.500 bits per heavy atom. The van der Waals surface area contributed by atoms with Crippen molar-refractivity contribution in [1.82, 2.24) is 4.34 Å². The van der Waals surface area contributed by atoms with E-state index in [0.29, 0.717) is 0 Å². The highest BCUT2D eigenvalue weighted by Crippen LogP contribution is 2.50. The van der Waals surface area contributed by atoms with E-state index in [9.17, 15) is 8.78 Å². The van der Waals surface area contributed by atoms with Gasteiger partial charge in [-0.15, -0.1) is 0 Å². The number of aromatic nitrogens is 1. The summed E-state index contributed by atoms with van der Waals surface area (Å²) in [7, 11) is -1.81. The van der Waals surface area contributed by atoms with Crippen LogP contribution in [0.4, 0.5) is 8.78 Å². The van der Waals surface area contributed by atoms with Crippen LogP contribution < -0.4 is 0 Å². The Balaban J connectivity index is 1.47. The van der Waals surface area contributed by atoms with E-state index in [2.05, 4.69) is 65.0 Å². The summed E-state index contributed by atoms with van der Waals surface area (Å²) >= 11 is 0. The molecule has 0 N–H and O–H groups in total. The van der Waals surface area contributed by atoms with Gasteiger partial charge < -0.3 is 8.39 Å². The quantitative estimate of drug-likeness (QED) is 0.186. The van der Waals surface area contributed by atoms with Crippen molar-refractivity contribution in [1.29, 1.82) is 0 Å². The molecule has 246 valence electrons. The zero-order valence-electron chi connectivity index (χ0n) is 27.5. The van der Waals surface area contributed by atoms with Crippen LogP contribution >= 0.6 is 8.16 Å². The Hall–Kier alpha value is -5.12. The summed E-state index contributed by atoms with van der Waals surface area (Å²) in [5.74, 6) is -0.532. The van der Waals surface area contributed by atoms with Crippen molar-refractivity contribution in [3.8, 4) is 22.3 Å². The summed E-state index contributed by atoms with van der Waals surface area (Å²) in [5.41, 5.74) is 12.7. The van der Waals surface area contributed by atoms with E-state index in [1.807, 2.05) is 24.3 Å². The predicted octanol–water partition coefficient (Wildman–Crippen LogP) is 13.1. The molecule has 0 saturated heterocycles. The SMILES string of the molecule is Fc1ccc(-c2cc3c(c4c2op(-n2c5ccccc5c5ccccc52)oc2c(-c5ccc(F)cc5)cc5c(c24)CCCC5)CCCC3)cc1. The monoisotopic (exact) mass is 677 g/mol. The zero-order valence-corrected chi connectivity index (χ0v) is 28.4. The maximum atomic E-state index is 14.4. The predicted molar refractivity (Wildman–Crippen MR) is 201 cm³/mol. The summed E-state index contributed by atoms with van der Waals surface area (Å²) in [6.07, 6.45) is 8.32. The molecule has 0 saturated carbocycles. The van der Waals surface area contributed by atoms with Gasteiger partial charge in [0.2, 0.25) is 0 Å². The molecule has 0 fully saturated rings. The van der Waals surface area contributed by atoms with Crippen molar-refractivity contribution >= 4 is 51.9 Å². The first-order valence-corrected chi connectivity index (χ1v) is 18.8. The number of halogens is 2. The van der Waals surface area contributed by atoms with Crippen LogP contribution in [0.1, 0.15) is 47.9 Å². The van der Waals surface area contributed by atoms with E-state index < -0.39 is 8.16 Å². The van der Waals surface area contributed by atoms with Crippen LogP contribution in [0.25, 0.3) is 66.0 Å². The van der Waals surface area contributed by atoms with Gasteiger partial charge in [0.05, 0.1) is 11.0 Å². The first kappa shape index (κ1) is 29.8. The first-order chi connectivity index (χ1) is 24.6. The number of fused-ring (bicyclic) bond motifs is 10. The largest absolute Gasteiger partial charge is 0.403 e. The standard InChI is InChI=1S/C44H34F2NO2P/c45-31-21-17-27(18-22-31)37-25-29-9-1-3-11-33(29)41-42-34-12-4-2-10-30(34)26-38(28-19-23-32(46)24-20-28)44(42)49-50(48-43(37)41)47-39-15-7-5-13-35(39)36-14-6-8-16-40(36)47/h5-8,13-26H,1-4,9-12H2. The van der Waals surface area contributed by atoms with Gasteiger partial charge in [-0.2, -0.15) is 0 Å². The van der Waals surface area contributed by atoms with Crippen molar-refractivity contribution in [2.45, 2.75) is 51.4 Å². The molecular weight excluding hydrogens is 643 g/mol. The third kappa shape index (κ3) is 4.67. The number of rotatable bonds is 3. The van der Waals surface area contributed by atoms with Crippen LogP contribution in [0, 0.1) is 11.6 Å². The van der Waals surface area contributed by atoms with Crippen LogP contribution in [0.2, 0.25) is 0 Å². The summed E-state index contributed by atoms with van der Waals surface area (Å²) in [6.45, 7) is 0. The first-order valence-electron chi connectivity index (χ1n) is 17.7. The minimum atomic E-state index is -1.81. The van der Waals surface area contributed by atoms with Gasteiger partial charge in [0.15, 0.2) is 11.2 Å². The second-order valence-electron chi connectivity index (χ2n) is 13.7. The molecule has 0 aliphatic heterocycles. The van der Waals surface area contributed by atoms with E-state index >= 15 is 0 Å². The number of aryl methyl sites for hydroxylation is 4. The van der Waals surface area contributed by atoms with Gasteiger partial charge >= 0.3 is 8.16 Å². The number of benzene rings is 6. The fraction of sp³-hybridized carbons (Fsp3) is 0.182. The average molecular weight is 678 g/mol. The minimum Gasteiger partial charge on any atom is -0.403 e. The Morgan fingerprint density at radius 2 is 0.920 bits per heavy atom. The molecule has 0 bridgehead atoms. The Labute approximate surface area is 289 Å². The molecule has 0 atom stereocenters. The molecule has 2 aliphatic rings. The van der Waals surface area contributed by atoms with Gasteiger partial charge in [0, 0.05) is 32.7 Å². The van der Waals surface area contributed by atoms with Crippen LogP contribution in [0.5, 0.6) is 0 Å². The third-order valence-electron chi connectivity index (χ3n) is 10.8. The molecular formula is C44H34F2NO2P. The highest BCUT2D eigenvalue weighted by Gasteiger charge is 2.27. The Kier molecular flexibility index (Phi) is 6.99. The lowest BCUT2D eigenvalue weighted by atomic mass is 9.81. The van der Waals surface area contributed by atoms with E-state index in [4.69, 9.17) is 8.39 Å². The van der Waals surface area contributed by atoms with Crippen molar-refractivity contribution < 1.29 is 17.2 Å². The van der Waals surface area contributed by atoms with Crippen molar-refractivity contribution in [2.75, 3.05) is 0 Å². The van der Waals surface area contributed by atoms with Crippen LogP contribution in [0.3, 0.4) is 0 Å². The fourth-order valence-electron chi connectivity index (χ4n) is 8.51. The Bertz CT molecular complexity index is 2490. The van der Waals surface area contributed by atoms with Crippen molar-refractivity contribution in [3.05, 3.63) is 143 Å². The number of hydrogen-bond donors (Lipinski definition) is 0. The van der Waals surface area contributed by atoms with Crippen LogP contribution in [-0.2, 0) is 25.7 Å². The molecule has 0 radical (unpaired) electrons. The lowest BCUT2D eigenvalue weighted by Crippen LogP contribution is -2.07. The second kappa shape index (κ2) is 11.7.